The van der Waals surface area contributed by atoms with Crippen LogP contribution in [0.4, 0.5) is 5.69 Å². The van der Waals surface area contributed by atoms with Crippen LogP contribution in [-0.4, -0.2) is 45.2 Å². The number of aliphatic imine (C=N–C) groups is 1. The number of aromatic nitrogens is 1. The van der Waals surface area contributed by atoms with Crippen molar-refractivity contribution in [3.05, 3.63) is 65.9 Å². The summed E-state index contributed by atoms with van der Waals surface area (Å²) < 4.78 is 0. The molecule has 0 spiro atoms. The lowest BCUT2D eigenvalue weighted by molar-refractivity contribution is 0.739. The zero-order valence-electron chi connectivity index (χ0n) is 17.5. The zero-order chi connectivity index (χ0) is 19.8. The number of hydrogen-bond acceptors (Lipinski definition) is 2. The number of benzene rings is 2. The second-order valence-electron chi connectivity index (χ2n) is 7.20. The summed E-state index contributed by atoms with van der Waals surface area (Å²) in [5.41, 5.74) is 5.13. The summed E-state index contributed by atoms with van der Waals surface area (Å²) in [5, 5.41) is 8.12. The minimum atomic E-state index is 0. The highest BCUT2D eigenvalue weighted by Gasteiger charge is 2.03. The molecule has 0 bridgehead atoms. The standard InChI is InChI=1S/C23H31N5.HI/c1-24-23(25-15-6-7-18-10-12-20(13-11-18)28(2)3)26-16-14-19-17-27-22-9-5-4-8-21(19)22;/h4-5,8-13,17,27H,6-7,14-16H2,1-3H3,(H2,24,25,26);1H. The smallest absolute Gasteiger partial charge is 0.190 e. The van der Waals surface area contributed by atoms with Crippen LogP contribution in [0.15, 0.2) is 59.7 Å². The molecular weight excluding hydrogens is 473 g/mol. The van der Waals surface area contributed by atoms with Crippen LogP contribution in [0.5, 0.6) is 0 Å². The first-order valence-electron chi connectivity index (χ1n) is 9.93. The molecule has 0 amide bonds. The minimum Gasteiger partial charge on any atom is -0.378 e. The number of hydrogen-bond donors (Lipinski definition) is 3. The number of H-pyrrole nitrogens is 1. The van der Waals surface area contributed by atoms with Crippen molar-refractivity contribution in [2.24, 2.45) is 4.99 Å². The maximum atomic E-state index is 4.33. The van der Waals surface area contributed by atoms with Gasteiger partial charge in [-0.3, -0.25) is 4.99 Å². The lowest BCUT2D eigenvalue weighted by Gasteiger charge is -2.13. The Balaban J connectivity index is 0.00000300. The highest BCUT2D eigenvalue weighted by atomic mass is 127. The van der Waals surface area contributed by atoms with Gasteiger partial charge in [0.25, 0.3) is 0 Å². The molecule has 3 aromatic rings. The second-order valence-corrected chi connectivity index (χ2v) is 7.20. The Labute approximate surface area is 191 Å². The molecule has 0 saturated carbocycles. The van der Waals surface area contributed by atoms with Gasteiger partial charge in [-0.25, -0.2) is 0 Å². The van der Waals surface area contributed by atoms with Crippen LogP contribution in [0.3, 0.4) is 0 Å². The maximum Gasteiger partial charge on any atom is 0.190 e. The summed E-state index contributed by atoms with van der Waals surface area (Å²) in [7, 11) is 5.95. The normalized spacial score (nSPS) is 11.2. The first-order chi connectivity index (χ1) is 13.7. The van der Waals surface area contributed by atoms with Crippen LogP contribution in [0.1, 0.15) is 17.5 Å². The number of rotatable bonds is 8. The fourth-order valence-electron chi connectivity index (χ4n) is 3.33. The number of nitrogens with zero attached hydrogens (tertiary/aromatic N) is 2. The monoisotopic (exact) mass is 505 g/mol. The van der Waals surface area contributed by atoms with Crippen LogP contribution < -0.4 is 15.5 Å². The summed E-state index contributed by atoms with van der Waals surface area (Å²) >= 11 is 0. The van der Waals surface area contributed by atoms with Crippen LogP contribution in [0.2, 0.25) is 0 Å². The molecule has 3 rings (SSSR count). The third-order valence-electron chi connectivity index (χ3n) is 4.97. The lowest BCUT2D eigenvalue weighted by atomic mass is 10.1. The van der Waals surface area contributed by atoms with E-state index in [0.29, 0.717) is 0 Å². The fraction of sp³-hybridized carbons (Fsp3) is 0.348. The van der Waals surface area contributed by atoms with Gasteiger partial charge in [0.2, 0.25) is 0 Å². The van der Waals surface area contributed by atoms with Crippen LogP contribution in [-0.2, 0) is 12.8 Å². The van der Waals surface area contributed by atoms with Crippen LogP contribution >= 0.6 is 24.0 Å². The van der Waals surface area contributed by atoms with Gasteiger partial charge in [-0.05, 0) is 48.6 Å². The van der Waals surface area contributed by atoms with Crippen molar-refractivity contribution in [3.8, 4) is 0 Å². The molecule has 0 aliphatic carbocycles. The van der Waals surface area contributed by atoms with E-state index < -0.39 is 0 Å². The van der Waals surface area contributed by atoms with E-state index in [1.807, 2.05) is 7.05 Å². The lowest BCUT2D eigenvalue weighted by Crippen LogP contribution is -2.38. The first kappa shape index (κ1) is 23.1. The predicted molar refractivity (Wildman–Crippen MR) is 136 cm³/mol. The third-order valence-corrected chi connectivity index (χ3v) is 4.97. The number of aryl methyl sites for hydroxylation is 1. The average molecular weight is 505 g/mol. The predicted octanol–water partition coefficient (Wildman–Crippen LogP) is 4.19. The molecule has 1 heterocycles. The van der Waals surface area contributed by atoms with E-state index in [2.05, 4.69) is 94.3 Å². The number of nitrogens with one attached hydrogen (secondary N) is 3. The third kappa shape index (κ3) is 6.66. The van der Waals surface area contributed by atoms with Crippen molar-refractivity contribution in [3.63, 3.8) is 0 Å². The topological polar surface area (TPSA) is 55.5 Å². The molecule has 1 aromatic heterocycles. The minimum absolute atomic E-state index is 0. The van der Waals surface area contributed by atoms with Crippen molar-refractivity contribution < 1.29 is 0 Å². The van der Waals surface area contributed by atoms with Gasteiger partial charge in [0.05, 0.1) is 0 Å². The van der Waals surface area contributed by atoms with E-state index >= 15 is 0 Å². The van der Waals surface area contributed by atoms with Crippen LogP contribution in [0, 0.1) is 0 Å². The average Bonchev–Trinajstić information content (AvgIpc) is 3.13. The number of halogens is 1. The molecule has 0 fully saturated rings. The van der Waals surface area contributed by atoms with Gasteiger partial charge in [0.1, 0.15) is 0 Å². The number of aromatic amines is 1. The number of anilines is 1. The molecule has 0 aliphatic rings. The molecule has 0 saturated heterocycles. The van der Waals surface area contributed by atoms with Gasteiger partial charge < -0.3 is 20.5 Å². The van der Waals surface area contributed by atoms with Crippen molar-refractivity contribution in [1.82, 2.24) is 15.6 Å². The van der Waals surface area contributed by atoms with Gasteiger partial charge >= 0.3 is 0 Å². The van der Waals surface area contributed by atoms with Crippen molar-refractivity contribution in [2.75, 3.05) is 39.1 Å². The first-order valence-corrected chi connectivity index (χ1v) is 9.93. The molecular formula is C23H32IN5. The van der Waals surface area contributed by atoms with Gasteiger partial charge in [-0.1, -0.05) is 30.3 Å². The Morgan fingerprint density at radius 3 is 2.41 bits per heavy atom. The molecule has 156 valence electrons. The fourth-order valence-corrected chi connectivity index (χ4v) is 3.33. The Morgan fingerprint density at radius 2 is 1.69 bits per heavy atom. The van der Waals surface area contributed by atoms with Crippen LogP contribution in [0.25, 0.3) is 10.9 Å². The van der Waals surface area contributed by atoms with Crippen molar-refractivity contribution in [1.29, 1.82) is 0 Å². The Kier molecular flexibility index (Phi) is 9.31. The zero-order valence-corrected chi connectivity index (χ0v) is 19.9. The molecule has 3 N–H and O–H groups in total. The molecule has 0 aliphatic heterocycles. The summed E-state index contributed by atoms with van der Waals surface area (Å²) in [4.78, 5) is 9.78. The Bertz CT molecular complexity index is 899. The summed E-state index contributed by atoms with van der Waals surface area (Å²) in [6.07, 6.45) is 5.20. The van der Waals surface area contributed by atoms with E-state index in [4.69, 9.17) is 0 Å². The van der Waals surface area contributed by atoms with Gasteiger partial charge in [0.15, 0.2) is 5.96 Å². The van der Waals surface area contributed by atoms with Crippen molar-refractivity contribution in [2.45, 2.75) is 19.3 Å². The van der Waals surface area contributed by atoms with E-state index in [1.165, 1.54) is 27.7 Å². The van der Waals surface area contributed by atoms with E-state index in [0.717, 1.165) is 38.3 Å². The highest BCUT2D eigenvalue weighted by molar-refractivity contribution is 14.0. The van der Waals surface area contributed by atoms with E-state index in [1.54, 1.807) is 0 Å². The number of guanidine groups is 1. The second kappa shape index (κ2) is 11.7. The molecule has 2 aromatic carbocycles. The summed E-state index contributed by atoms with van der Waals surface area (Å²) in [5.74, 6) is 0.864. The molecule has 0 atom stereocenters. The van der Waals surface area contributed by atoms with Gasteiger partial charge in [-0.15, -0.1) is 24.0 Å². The van der Waals surface area contributed by atoms with Crippen molar-refractivity contribution >= 4 is 46.5 Å². The largest absolute Gasteiger partial charge is 0.378 e. The summed E-state index contributed by atoms with van der Waals surface area (Å²) in [6.45, 7) is 1.76. The molecule has 6 heteroatoms. The quantitative estimate of drug-likeness (QED) is 0.186. The number of para-hydroxylation sites is 1. The Morgan fingerprint density at radius 1 is 0.966 bits per heavy atom. The van der Waals surface area contributed by atoms with Gasteiger partial charge in [-0.2, -0.15) is 0 Å². The molecule has 5 nitrogen and oxygen atoms in total. The maximum absolute atomic E-state index is 4.33. The molecule has 29 heavy (non-hydrogen) atoms. The van der Waals surface area contributed by atoms with Gasteiger partial charge in [0, 0.05) is 57.0 Å². The highest BCUT2D eigenvalue weighted by Crippen LogP contribution is 2.17. The number of fused-ring (bicyclic) bond motifs is 1. The molecule has 0 radical (unpaired) electrons. The Hall–Kier alpha value is -2.22. The van der Waals surface area contributed by atoms with E-state index in [9.17, 15) is 0 Å². The molecule has 0 unspecified atom stereocenters. The SMILES string of the molecule is CN=C(NCCCc1ccc(N(C)C)cc1)NCCc1c[nH]c2ccccc12.I. The van der Waals surface area contributed by atoms with E-state index in [-0.39, 0.29) is 24.0 Å². The summed E-state index contributed by atoms with van der Waals surface area (Å²) in [6, 6.07) is 17.2.